The molecule has 2 aromatic rings. The van der Waals surface area contributed by atoms with E-state index in [9.17, 15) is 33.8 Å². The van der Waals surface area contributed by atoms with Crippen molar-refractivity contribution in [3.05, 3.63) is 57.4 Å². The molecule has 0 unspecified atom stereocenters. The van der Waals surface area contributed by atoms with E-state index >= 15 is 0 Å². The van der Waals surface area contributed by atoms with Gasteiger partial charge in [0.05, 0.1) is 18.2 Å². The van der Waals surface area contributed by atoms with E-state index in [1.54, 1.807) is 13.8 Å². The first-order valence-electron chi connectivity index (χ1n) is 9.94. The first-order valence-corrected chi connectivity index (χ1v) is 11.9. The Morgan fingerprint density at radius 3 is 2.09 bits per heavy atom. The van der Waals surface area contributed by atoms with Gasteiger partial charge in [-0.05, 0) is 43.5 Å². The number of aromatic nitrogens is 2. The van der Waals surface area contributed by atoms with E-state index in [0.29, 0.717) is 25.7 Å². The van der Waals surface area contributed by atoms with Gasteiger partial charge in [0, 0.05) is 18.8 Å². The van der Waals surface area contributed by atoms with Gasteiger partial charge in [-0.15, -0.1) is 0 Å². The molecule has 0 saturated carbocycles. The number of ether oxygens (including phenoxy) is 1. The lowest BCUT2D eigenvalue weighted by Gasteiger charge is -2.40. The maximum Gasteiger partial charge on any atom is 0.335 e. The Morgan fingerprint density at radius 1 is 0.938 bits per heavy atom. The predicted molar refractivity (Wildman–Crippen MR) is 112 cm³/mol. The van der Waals surface area contributed by atoms with Gasteiger partial charge in [0.2, 0.25) is 0 Å². The summed E-state index contributed by atoms with van der Waals surface area (Å²) in [7, 11) is -9.82. The largest absolute Gasteiger partial charge is 0.465 e. The van der Waals surface area contributed by atoms with Crippen LogP contribution in [0.2, 0.25) is 0 Å². The third kappa shape index (κ3) is 6.94. The minimum absolute atomic E-state index is 0.0772. The van der Waals surface area contributed by atoms with Crippen LogP contribution in [0.3, 0.4) is 0 Å². The van der Waals surface area contributed by atoms with Crippen molar-refractivity contribution < 1.29 is 29.0 Å². The summed E-state index contributed by atoms with van der Waals surface area (Å²) < 4.78 is 71.2. The molecule has 0 spiro atoms. The first kappa shape index (κ1) is 25.6. The molecule has 0 amide bonds. The van der Waals surface area contributed by atoms with E-state index in [-0.39, 0.29) is 42.9 Å². The molecule has 0 aliphatic carbocycles. The summed E-state index contributed by atoms with van der Waals surface area (Å²) in [6, 6.07) is 3.00. The third-order valence-corrected chi connectivity index (χ3v) is 5.78. The third-order valence-electron chi connectivity index (χ3n) is 4.62. The average molecular weight is 484 g/mol. The van der Waals surface area contributed by atoms with Gasteiger partial charge in [-0.3, -0.25) is 18.7 Å². The monoisotopic (exact) mass is 484 g/mol. The van der Waals surface area contributed by atoms with Crippen LogP contribution in [0.1, 0.15) is 39.5 Å². The van der Waals surface area contributed by atoms with Crippen molar-refractivity contribution in [1.29, 1.82) is 0 Å². The standard InChI is InChI=1S/C20H25F5N2O4S/c1-15(2)19(29)31-14-6-4-3-5-12-27-18(28)11-13-26(20(27)30)16-7-9-17(10-8-16)32(21,22,23,24)25/h7-11,13,15H,3-6,12,14H2,1-2H3. The summed E-state index contributed by atoms with van der Waals surface area (Å²) in [5.41, 5.74) is -1.45. The Kier molecular flexibility index (Phi) is 6.98. The fourth-order valence-electron chi connectivity index (χ4n) is 2.85. The molecule has 0 saturated heterocycles. The summed E-state index contributed by atoms with van der Waals surface area (Å²) in [6.07, 6.45) is 3.54. The average Bonchev–Trinajstić information content (AvgIpc) is 2.67. The van der Waals surface area contributed by atoms with Crippen molar-refractivity contribution in [2.24, 2.45) is 5.92 Å². The molecule has 2 rings (SSSR count). The second-order valence-corrected chi connectivity index (χ2v) is 10.1. The lowest BCUT2D eigenvalue weighted by atomic mass is 10.2. The smallest absolute Gasteiger partial charge is 0.335 e. The summed E-state index contributed by atoms with van der Waals surface area (Å²) in [4.78, 5) is 33.9. The Balaban J connectivity index is 2.04. The molecule has 0 radical (unpaired) electrons. The second kappa shape index (κ2) is 8.72. The van der Waals surface area contributed by atoms with Gasteiger partial charge in [0.25, 0.3) is 5.56 Å². The lowest BCUT2D eigenvalue weighted by molar-refractivity contribution is -0.147. The van der Waals surface area contributed by atoms with Crippen molar-refractivity contribution in [3.63, 3.8) is 0 Å². The van der Waals surface area contributed by atoms with E-state index in [1.165, 1.54) is 0 Å². The number of benzene rings is 1. The van der Waals surface area contributed by atoms with Crippen molar-refractivity contribution in [2.75, 3.05) is 6.61 Å². The highest BCUT2D eigenvalue weighted by molar-refractivity contribution is 8.45. The number of hydrogen-bond donors (Lipinski definition) is 0. The molecular weight excluding hydrogens is 459 g/mol. The van der Waals surface area contributed by atoms with Gasteiger partial charge in [-0.2, -0.15) is 0 Å². The van der Waals surface area contributed by atoms with Crippen molar-refractivity contribution in [2.45, 2.75) is 51.0 Å². The highest BCUT2D eigenvalue weighted by atomic mass is 32.5. The van der Waals surface area contributed by atoms with Crippen molar-refractivity contribution in [1.82, 2.24) is 9.13 Å². The van der Waals surface area contributed by atoms with Crippen LogP contribution in [-0.2, 0) is 16.1 Å². The molecule has 0 aliphatic heterocycles. The zero-order valence-electron chi connectivity index (χ0n) is 17.6. The minimum Gasteiger partial charge on any atom is -0.465 e. The number of carbonyl (C=O) groups excluding carboxylic acids is 1. The summed E-state index contributed by atoms with van der Waals surface area (Å²) in [5, 5.41) is 0. The molecule has 0 atom stereocenters. The highest BCUT2D eigenvalue weighted by Crippen LogP contribution is 3.02. The van der Waals surface area contributed by atoms with Gasteiger partial charge in [0.1, 0.15) is 4.90 Å². The Labute approximate surface area is 181 Å². The molecular formula is C20H25F5N2O4S. The Hall–Kier alpha value is -2.63. The number of nitrogens with zero attached hydrogens (tertiary/aromatic N) is 2. The van der Waals surface area contributed by atoms with Crippen LogP contribution < -0.4 is 11.2 Å². The van der Waals surface area contributed by atoms with E-state index < -0.39 is 26.4 Å². The molecule has 6 nitrogen and oxygen atoms in total. The Morgan fingerprint density at radius 2 is 1.53 bits per heavy atom. The molecule has 1 heterocycles. The molecule has 1 aromatic heterocycles. The number of hydrogen-bond acceptors (Lipinski definition) is 4. The van der Waals surface area contributed by atoms with Crippen LogP contribution in [0.4, 0.5) is 19.4 Å². The van der Waals surface area contributed by atoms with Gasteiger partial charge < -0.3 is 4.74 Å². The van der Waals surface area contributed by atoms with Gasteiger partial charge in [-0.1, -0.05) is 39.7 Å². The quantitative estimate of drug-likeness (QED) is 0.257. The van der Waals surface area contributed by atoms with Crippen LogP contribution in [0, 0.1) is 5.92 Å². The van der Waals surface area contributed by atoms with Crippen molar-refractivity contribution >= 4 is 16.2 Å². The topological polar surface area (TPSA) is 70.3 Å². The number of esters is 1. The lowest BCUT2D eigenvalue weighted by Crippen LogP contribution is -2.38. The SMILES string of the molecule is CC(C)C(=O)OCCCCCCn1c(=O)ccn(-c2ccc(S(F)(F)(F)(F)F)cc2)c1=O. The minimum atomic E-state index is -9.82. The van der Waals surface area contributed by atoms with Crippen LogP contribution in [0.15, 0.2) is 51.0 Å². The normalized spacial score (nSPS) is 14.1. The molecule has 12 heteroatoms. The fourth-order valence-corrected chi connectivity index (χ4v) is 3.50. The predicted octanol–water partition coefficient (Wildman–Crippen LogP) is 5.42. The zero-order chi connectivity index (χ0) is 24.2. The highest BCUT2D eigenvalue weighted by Gasteiger charge is 2.65. The van der Waals surface area contributed by atoms with Gasteiger partial charge >= 0.3 is 21.9 Å². The maximum atomic E-state index is 12.9. The van der Waals surface area contributed by atoms with Crippen LogP contribution >= 0.6 is 10.2 Å². The summed E-state index contributed by atoms with van der Waals surface area (Å²) in [5.74, 6) is -0.486. The Bertz CT molecular complexity index is 1080. The fraction of sp³-hybridized carbons (Fsp3) is 0.450. The van der Waals surface area contributed by atoms with E-state index in [1.807, 2.05) is 0 Å². The van der Waals surface area contributed by atoms with E-state index in [2.05, 4.69) is 0 Å². The molecule has 1 aromatic carbocycles. The zero-order valence-corrected chi connectivity index (χ0v) is 18.4. The summed E-state index contributed by atoms with van der Waals surface area (Å²) in [6.45, 7) is 3.82. The number of rotatable bonds is 10. The molecule has 0 aliphatic rings. The number of carbonyl (C=O) groups is 1. The number of unbranched alkanes of at least 4 members (excludes halogenated alkanes) is 3. The molecule has 180 valence electrons. The van der Waals surface area contributed by atoms with E-state index in [0.717, 1.165) is 33.5 Å². The maximum absolute atomic E-state index is 12.9. The first-order chi connectivity index (χ1) is 14.6. The van der Waals surface area contributed by atoms with Crippen molar-refractivity contribution in [3.8, 4) is 5.69 Å². The van der Waals surface area contributed by atoms with Crippen LogP contribution in [0.5, 0.6) is 0 Å². The second-order valence-electron chi connectivity index (χ2n) is 7.66. The molecule has 0 fully saturated rings. The van der Waals surface area contributed by atoms with Gasteiger partial charge in [-0.25, -0.2) is 4.79 Å². The van der Waals surface area contributed by atoms with E-state index in [4.69, 9.17) is 4.74 Å². The van der Waals surface area contributed by atoms with Crippen LogP contribution in [0.25, 0.3) is 5.69 Å². The summed E-state index contributed by atoms with van der Waals surface area (Å²) >= 11 is 0. The van der Waals surface area contributed by atoms with Crippen LogP contribution in [-0.4, -0.2) is 21.7 Å². The molecule has 32 heavy (non-hydrogen) atoms. The van der Waals surface area contributed by atoms with Gasteiger partial charge in [0.15, 0.2) is 0 Å². The number of halogens is 5. The molecule has 0 N–H and O–H groups in total. The molecule has 0 bridgehead atoms.